The summed E-state index contributed by atoms with van der Waals surface area (Å²) in [5.74, 6) is 0.259. The van der Waals surface area contributed by atoms with E-state index >= 15 is 0 Å². The van der Waals surface area contributed by atoms with Gasteiger partial charge in [-0.3, -0.25) is 9.69 Å². The van der Waals surface area contributed by atoms with Crippen molar-refractivity contribution in [1.29, 1.82) is 0 Å². The van der Waals surface area contributed by atoms with Crippen molar-refractivity contribution in [2.24, 2.45) is 0 Å². The summed E-state index contributed by atoms with van der Waals surface area (Å²) in [7, 11) is 0. The van der Waals surface area contributed by atoms with Crippen molar-refractivity contribution < 1.29 is 9.90 Å². The Balaban J connectivity index is 1.95. The zero-order chi connectivity index (χ0) is 13.0. The van der Waals surface area contributed by atoms with E-state index in [0.29, 0.717) is 0 Å². The summed E-state index contributed by atoms with van der Waals surface area (Å²) < 4.78 is 0. The van der Waals surface area contributed by atoms with Crippen molar-refractivity contribution in [1.82, 2.24) is 9.80 Å². The van der Waals surface area contributed by atoms with E-state index < -0.39 is 0 Å². The van der Waals surface area contributed by atoms with E-state index in [-0.39, 0.29) is 24.6 Å². The first kappa shape index (κ1) is 13.8. The second kappa shape index (κ2) is 6.53. The minimum atomic E-state index is -0.0689. The van der Waals surface area contributed by atoms with Crippen LogP contribution in [0, 0.1) is 0 Å². The normalized spacial score (nSPS) is 28.1. The number of piperidine rings is 2. The largest absolute Gasteiger partial charge is 0.395 e. The van der Waals surface area contributed by atoms with Crippen molar-refractivity contribution in [3.8, 4) is 0 Å². The van der Waals surface area contributed by atoms with Gasteiger partial charge in [0.05, 0.1) is 12.6 Å². The van der Waals surface area contributed by atoms with Crippen LogP contribution in [0.5, 0.6) is 0 Å². The average molecular weight is 254 g/mol. The van der Waals surface area contributed by atoms with Gasteiger partial charge in [0.1, 0.15) is 0 Å². The van der Waals surface area contributed by atoms with Crippen LogP contribution in [0.2, 0.25) is 0 Å². The van der Waals surface area contributed by atoms with Crippen LogP contribution in [-0.4, -0.2) is 59.1 Å². The molecule has 1 N–H and O–H groups in total. The Kier molecular flexibility index (Phi) is 5.01. The van der Waals surface area contributed by atoms with Gasteiger partial charge in [0.25, 0.3) is 0 Å². The maximum atomic E-state index is 12.5. The Morgan fingerprint density at radius 2 is 1.83 bits per heavy atom. The molecule has 4 heteroatoms. The first-order valence-corrected chi connectivity index (χ1v) is 7.39. The van der Waals surface area contributed by atoms with Gasteiger partial charge in [-0.1, -0.05) is 6.42 Å². The number of aliphatic hydroxyl groups excluding tert-OH is 1. The van der Waals surface area contributed by atoms with Gasteiger partial charge in [0, 0.05) is 19.1 Å². The molecule has 4 nitrogen and oxygen atoms in total. The lowest BCUT2D eigenvalue weighted by molar-refractivity contribution is -0.139. The highest BCUT2D eigenvalue weighted by Gasteiger charge is 2.32. The van der Waals surface area contributed by atoms with Crippen LogP contribution in [0.4, 0.5) is 0 Å². The molecule has 0 spiro atoms. The van der Waals surface area contributed by atoms with Crippen LogP contribution >= 0.6 is 0 Å². The summed E-state index contributed by atoms with van der Waals surface area (Å²) in [5, 5.41) is 9.44. The number of nitrogens with zero attached hydrogens (tertiary/aromatic N) is 2. The number of amides is 1. The van der Waals surface area contributed by atoms with Crippen LogP contribution in [0.15, 0.2) is 0 Å². The van der Waals surface area contributed by atoms with Crippen molar-refractivity contribution in [3.05, 3.63) is 0 Å². The third-order valence-corrected chi connectivity index (χ3v) is 4.41. The molecule has 0 aromatic rings. The van der Waals surface area contributed by atoms with E-state index in [1.54, 1.807) is 0 Å². The Labute approximate surface area is 110 Å². The quantitative estimate of drug-likeness (QED) is 0.824. The summed E-state index contributed by atoms with van der Waals surface area (Å²) in [6.45, 7) is 4.97. The summed E-state index contributed by atoms with van der Waals surface area (Å²) >= 11 is 0. The Morgan fingerprint density at radius 1 is 1.17 bits per heavy atom. The molecule has 18 heavy (non-hydrogen) atoms. The standard InChI is InChI=1S/C14H26N2O2/c1-12(14(18)15-8-4-2-5-9-15)16-10-6-3-7-13(16)11-17/h12-13,17H,2-11H2,1H3. The molecule has 2 saturated heterocycles. The van der Waals surface area contributed by atoms with Crippen LogP contribution in [-0.2, 0) is 4.79 Å². The summed E-state index contributed by atoms with van der Waals surface area (Å²) in [5.41, 5.74) is 0. The van der Waals surface area contributed by atoms with Crippen molar-refractivity contribution in [2.75, 3.05) is 26.2 Å². The fourth-order valence-electron chi connectivity index (χ4n) is 3.25. The van der Waals surface area contributed by atoms with E-state index in [1.807, 2.05) is 11.8 Å². The third kappa shape index (κ3) is 3.04. The highest BCUT2D eigenvalue weighted by Crippen LogP contribution is 2.21. The fraction of sp³-hybridized carbons (Fsp3) is 0.929. The monoisotopic (exact) mass is 254 g/mol. The molecular formula is C14H26N2O2. The van der Waals surface area contributed by atoms with E-state index in [4.69, 9.17) is 0 Å². The molecule has 0 bridgehead atoms. The molecular weight excluding hydrogens is 228 g/mol. The third-order valence-electron chi connectivity index (χ3n) is 4.41. The molecule has 0 saturated carbocycles. The summed E-state index contributed by atoms with van der Waals surface area (Å²) in [6.07, 6.45) is 6.87. The Bertz CT molecular complexity index is 277. The van der Waals surface area contributed by atoms with Gasteiger partial charge in [-0.05, 0) is 45.6 Å². The summed E-state index contributed by atoms with van der Waals surface area (Å²) in [6, 6.07) is 0.114. The molecule has 0 radical (unpaired) electrons. The van der Waals surface area contributed by atoms with E-state index in [1.165, 1.54) is 12.8 Å². The molecule has 2 unspecified atom stereocenters. The van der Waals surface area contributed by atoms with E-state index in [0.717, 1.165) is 45.3 Å². The SMILES string of the molecule is CC(C(=O)N1CCCCC1)N1CCCCC1CO. The van der Waals surface area contributed by atoms with Gasteiger partial charge < -0.3 is 10.0 Å². The molecule has 2 aliphatic rings. The van der Waals surface area contributed by atoms with Gasteiger partial charge in [0.2, 0.25) is 5.91 Å². The van der Waals surface area contributed by atoms with Gasteiger partial charge in [0.15, 0.2) is 0 Å². The predicted octanol–water partition coefficient (Wildman–Crippen LogP) is 1.23. The second-order valence-electron chi connectivity index (χ2n) is 5.63. The molecule has 2 fully saturated rings. The molecule has 2 atom stereocenters. The average Bonchev–Trinajstić information content (AvgIpc) is 2.46. The maximum Gasteiger partial charge on any atom is 0.239 e. The van der Waals surface area contributed by atoms with Gasteiger partial charge in [-0.15, -0.1) is 0 Å². The number of carbonyl (C=O) groups excluding carboxylic acids is 1. The zero-order valence-corrected chi connectivity index (χ0v) is 11.5. The number of carbonyl (C=O) groups is 1. The fourth-order valence-corrected chi connectivity index (χ4v) is 3.25. The van der Waals surface area contributed by atoms with Gasteiger partial charge in [-0.25, -0.2) is 0 Å². The smallest absolute Gasteiger partial charge is 0.239 e. The van der Waals surface area contributed by atoms with Gasteiger partial charge >= 0.3 is 0 Å². The lowest BCUT2D eigenvalue weighted by Gasteiger charge is -2.40. The molecule has 0 aromatic heterocycles. The molecule has 2 heterocycles. The van der Waals surface area contributed by atoms with Crippen molar-refractivity contribution in [3.63, 3.8) is 0 Å². The Hall–Kier alpha value is -0.610. The molecule has 0 aromatic carbocycles. The minimum Gasteiger partial charge on any atom is -0.395 e. The second-order valence-corrected chi connectivity index (χ2v) is 5.63. The summed E-state index contributed by atoms with van der Waals surface area (Å²) in [4.78, 5) is 16.7. The molecule has 104 valence electrons. The number of rotatable bonds is 3. The van der Waals surface area contributed by atoms with Crippen LogP contribution in [0.1, 0.15) is 45.4 Å². The highest BCUT2D eigenvalue weighted by molar-refractivity contribution is 5.81. The maximum absolute atomic E-state index is 12.5. The first-order chi connectivity index (χ1) is 8.74. The number of hydrogen-bond donors (Lipinski definition) is 1. The minimum absolute atomic E-state index is 0.0689. The molecule has 0 aliphatic carbocycles. The topological polar surface area (TPSA) is 43.8 Å². The predicted molar refractivity (Wildman–Crippen MR) is 71.3 cm³/mol. The van der Waals surface area contributed by atoms with Crippen LogP contribution in [0.3, 0.4) is 0 Å². The molecule has 2 aliphatic heterocycles. The Morgan fingerprint density at radius 3 is 2.50 bits per heavy atom. The zero-order valence-electron chi connectivity index (χ0n) is 11.5. The molecule has 1 amide bonds. The van der Waals surface area contributed by atoms with Gasteiger partial charge in [-0.2, -0.15) is 0 Å². The van der Waals surface area contributed by atoms with Crippen LogP contribution < -0.4 is 0 Å². The van der Waals surface area contributed by atoms with Crippen LogP contribution in [0.25, 0.3) is 0 Å². The lowest BCUT2D eigenvalue weighted by atomic mass is 10.00. The first-order valence-electron chi connectivity index (χ1n) is 7.39. The van der Waals surface area contributed by atoms with E-state index in [2.05, 4.69) is 4.90 Å². The lowest BCUT2D eigenvalue weighted by Crippen LogP contribution is -2.54. The van der Waals surface area contributed by atoms with Crippen molar-refractivity contribution in [2.45, 2.75) is 57.5 Å². The number of aliphatic hydroxyl groups is 1. The van der Waals surface area contributed by atoms with E-state index in [9.17, 15) is 9.90 Å². The number of hydrogen-bond acceptors (Lipinski definition) is 3. The number of likely N-dealkylation sites (tertiary alicyclic amines) is 2. The molecule has 2 rings (SSSR count). The highest BCUT2D eigenvalue weighted by atomic mass is 16.3. The van der Waals surface area contributed by atoms with Crippen molar-refractivity contribution >= 4 is 5.91 Å².